The van der Waals surface area contributed by atoms with Crippen molar-refractivity contribution in [3.63, 3.8) is 0 Å². The highest BCUT2D eigenvalue weighted by Gasteiger charge is 2.16. The molecule has 0 aliphatic heterocycles. The van der Waals surface area contributed by atoms with Crippen LogP contribution in [0.5, 0.6) is 0 Å². The fourth-order valence-corrected chi connectivity index (χ4v) is 2.95. The van der Waals surface area contributed by atoms with E-state index in [0.29, 0.717) is 27.6 Å². The average molecular weight is 360 g/mol. The van der Waals surface area contributed by atoms with Gasteiger partial charge in [0.2, 0.25) is 0 Å². The zero-order valence-corrected chi connectivity index (χ0v) is 14.4. The molecule has 5 heteroatoms. The molecule has 0 spiro atoms. The van der Waals surface area contributed by atoms with E-state index in [2.05, 4.69) is 15.3 Å². The Labute approximate surface area is 155 Å². The van der Waals surface area contributed by atoms with Gasteiger partial charge in [0, 0.05) is 27.9 Å². The minimum atomic E-state index is -0.246. The molecule has 4 rings (SSSR count). The zero-order valence-electron chi connectivity index (χ0n) is 13.7. The number of aromatic nitrogens is 2. The maximum absolute atomic E-state index is 12.9. The van der Waals surface area contributed by atoms with Gasteiger partial charge in [-0.05, 0) is 36.4 Å². The topological polar surface area (TPSA) is 54.9 Å². The summed E-state index contributed by atoms with van der Waals surface area (Å²) in [6, 6.07) is 22.2. The van der Waals surface area contributed by atoms with E-state index >= 15 is 0 Å². The molecule has 0 saturated carbocycles. The molecule has 0 fully saturated rings. The Morgan fingerprint density at radius 1 is 0.923 bits per heavy atom. The molecule has 4 nitrogen and oxygen atoms in total. The van der Waals surface area contributed by atoms with Crippen LogP contribution in [-0.4, -0.2) is 15.9 Å². The van der Waals surface area contributed by atoms with Gasteiger partial charge >= 0.3 is 0 Å². The molecular formula is C21H14ClN3O. The molecule has 0 radical (unpaired) electrons. The summed E-state index contributed by atoms with van der Waals surface area (Å²) in [5.41, 5.74) is 3.17. The summed E-state index contributed by atoms with van der Waals surface area (Å²) < 4.78 is 0. The predicted octanol–water partition coefficient (Wildman–Crippen LogP) is 5.20. The van der Waals surface area contributed by atoms with Crippen LogP contribution in [0.15, 0.2) is 79.0 Å². The highest BCUT2D eigenvalue weighted by atomic mass is 35.5. The van der Waals surface area contributed by atoms with Crippen molar-refractivity contribution in [3.05, 3.63) is 89.6 Å². The third kappa shape index (κ3) is 3.27. The van der Waals surface area contributed by atoms with Crippen molar-refractivity contribution in [3.8, 4) is 11.3 Å². The van der Waals surface area contributed by atoms with Crippen LogP contribution < -0.4 is 5.32 Å². The first-order chi connectivity index (χ1) is 12.7. The standard InChI is InChI=1S/C21H14ClN3O/c22-16-9-4-10-17(13-16)24-21(26)18-12-15-8-5-11-23-20(15)25-19(18)14-6-2-1-3-7-14/h1-13H,(H,24,26). The second kappa shape index (κ2) is 6.94. The molecule has 126 valence electrons. The van der Waals surface area contributed by atoms with Gasteiger partial charge in [0.25, 0.3) is 5.91 Å². The number of anilines is 1. The van der Waals surface area contributed by atoms with Crippen LogP contribution in [0.2, 0.25) is 5.02 Å². The number of hydrogen-bond acceptors (Lipinski definition) is 3. The normalized spacial score (nSPS) is 10.7. The van der Waals surface area contributed by atoms with E-state index in [1.54, 1.807) is 30.5 Å². The smallest absolute Gasteiger partial charge is 0.257 e. The SMILES string of the molecule is O=C(Nc1cccc(Cl)c1)c1cc2cccnc2nc1-c1ccccc1. The summed E-state index contributed by atoms with van der Waals surface area (Å²) in [7, 11) is 0. The minimum Gasteiger partial charge on any atom is -0.322 e. The van der Waals surface area contributed by atoms with Gasteiger partial charge in [0.05, 0.1) is 11.3 Å². The van der Waals surface area contributed by atoms with Gasteiger partial charge in [-0.15, -0.1) is 0 Å². The number of nitrogens with one attached hydrogen (secondary N) is 1. The molecule has 2 aromatic carbocycles. The monoisotopic (exact) mass is 359 g/mol. The van der Waals surface area contributed by atoms with Crippen LogP contribution in [0, 0.1) is 0 Å². The van der Waals surface area contributed by atoms with Gasteiger partial charge in [-0.2, -0.15) is 0 Å². The predicted molar refractivity (Wildman–Crippen MR) is 104 cm³/mol. The van der Waals surface area contributed by atoms with Crippen molar-refractivity contribution in [2.24, 2.45) is 0 Å². The summed E-state index contributed by atoms with van der Waals surface area (Å²) in [5, 5.41) is 4.26. The summed E-state index contributed by atoms with van der Waals surface area (Å²) in [6.45, 7) is 0. The van der Waals surface area contributed by atoms with Crippen molar-refractivity contribution < 1.29 is 4.79 Å². The first-order valence-corrected chi connectivity index (χ1v) is 8.46. The van der Waals surface area contributed by atoms with Gasteiger partial charge in [0.15, 0.2) is 5.65 Å². The second-order valence-electron chi connectivity index (χ2n) is 5.77. The number of halogens is 1. The lowest BCUT2D eigenvalue weighted by atomic mass is 10.0. The van der Waals surface area contributed by atoms with Crippen molar-refractivity contribution in [2.45, 2.75) is 0 Å². The van der Waals surface area contributed by atoms with Gasteiger partial charge in [0.1, 0.15) is 0 Å². The molecule has 0 aliphatic rings. The molecule has 0 atom stereocenters. The Morgan fingerprint density at radius 2 is 1.77 bits per heavy atom. The number of pyridine rings is 2. The van der Waals surface area contributed by atoms with Gasteiger partial charge in [-0.1, -0.05) is 48.0 Å². The number of carbonyl (C=O) groups excluding carboxylic acids is 1. The molecule has 0 unspecified atom stereocenters. The first kappa shape index (κ1) is 16.2. The number of benzene rings is 2. The molecule has 26 heavy (non-hydrogen) atoms. The molecule has 2 heterocycles. The number of hydrogen-bond donors (Lipinski definition) is 1. The Hall–Kier alpha value is -3.24. The van der Waals surface area contributed by atoms with E-state index in [1.165, 1.54) is 0 Å². The van der Waals surface area contributed by atoms with E-state index in [4.69, 9.17) is 11.6 Å². The maximum Gasteiger partial charge on any atom is 0.257 e. The number of carbonyl (C=O) groups is 1. The number of fused-ring (bicyclic) bond motifs is 1. The number of rotatable bonds is 3. The van der Waals surface area contributed by atoms with Crippen LogP contribution in [0.4, 0.5) is 5.69 Å². The summed E-state index contributed by atoms with van der Waals surface area (Å²) in [5.74, 6) is -0.246. The zero-order chi connectivity index (χ0) is 17.9. The van der Waals surface area contributed by atoms with Gasteiger partial charge in [-0.3, -0.25) is 4.79 Å². The first-order valence-electron chi connectivity index (χ1n) is 8.09. The van der Waals surface area contributed by atoms with Crippen LogP contribution in [0.3, 0.4) is 0 Å². The van der Waals surface area contributed by atoms with E-state index < -0.39 is 0 Å². The van der Waals surface area contributed by atoms with E-state index in [-0.39, 0.29) is 5.91 Å². The molecule has 2 aromatic heterocycles. The molecule has 0 bridgehead atoms. The van der Waals surface area contributed by atoms with Crippen LogP contribution in [-0.2, 0) is 0 Å². The number of nitrogens with zero attached hydrogens (tertiary/aromatic N) is 2. The third-order valence-corrected chi connectivity index (χ3v) is 4.20. The van der Waals surface area contributed by atoms with Crippen molar-refractivity contribution >= 4 is 34.2 Å². The van der Waals surface area contributed by atoms with Crippen molar-refractivity contribution in [2.75, 3.05) is 5.32 Å². The average Bonchev–Trinajstić information content (AvgIpc) is 2.67. The van der Waals surface area contributed by atoms with E-state index in [1.807, 2.05) is 48.5 Å². The molecular weight excluding hydrogens is 346 g/mol. The Balaban J connectivity index is 1.83. The van der Waals surface area contributed by atoms with E-state index in [0.717, 1.165) is 10.9 Å². The molecule has 1 amide bonds. The molecule has 0 aliphatic carbocycles. The summed E-state index contributed by atoms with van der Waals surface area (Å²) >= 11 is 6.01. The maximum atomic E-state index is 12.9. The molecule has 0 saturated heterocycles. The lowest BCUT2D eigenvalue weighted by Gasteiger charge is -2.11. The highest BCUT2D eigenvalue weighted by molar-refractivity contribution is 6.31. The summed E-state index contributed by atoms with van der Waals surface area (Å²) in [6.07, 6.45) is 1.69. The molecule has 1 N–H and O–H groups in total. The third-order valence-electron chi connectivity index (χ3n) is 3.96. The lowest BCUT2D eigenvalue weighted by Crippen LogP contribution is -2.14. The van der Waals surface area contributed by atoms with Crippen LogP contribution in [0.25, 0.3) is 22.3 Å². The molecule has 4 aromatic rings. The fraction of sp³-hybridized carbons (Fsp3) is 0. The lowest BCUT2D eigenvalue weighted by molar-refractivity contribution is 0.102. The summed E-state index contributed by atoms with van der Waals surface area (Å²) in [4.78, 5) is 21.9. The van der Waals surface area contributed by atoms with Gasteiger partial charge in [-0.25, -0.2) is 9.97 Å². The highest BCUT2D eigenvalue weighted by Crippen LogP contribution is 2.26. The quantitative estimate of drug-likeness (QED) is 0.546. The second-order valence-corrected chi connectivity index (χ2v) is 6.20. The minimum absolute atomic E-state index is 0.246. The Bertz CT molecular complexity index is 1100. The Morgan fingerprint density at radius 3 is 2.58 bits per heavy atom. The van der Waals surface area contributed by atoms with E-state index in [9.17, 15) is 4.79 Å². The van der Waals surface area contributed by atoms with Gasteiger partial charge < -0.3 is 5.32 Å². The van der Waals surface area contributed by atoms with Crippen molar-refractivity contribution in [1.29, 1.82) is 0 Å². The van der Waals surface area contributed by atoms with Crippen molar-refractivity contribution in [1.82, 2.24) is 9.97 Å². The Kier molecular flexibility index (Phi) is 4.33. The number of amides is 1. The van der Waals surface area contributed by atoms with Crippen LogP contribution in [0.1, 0.15) is 10.4 Å². The fourth-order valence-electron chi connectivity index (χ4n) is 2.76. The van der Waals surface area contributed by atoms with Crippen LogP contribution >= 0.6 is 11.6 Å². The largest absolute Gasteiger partial charge is 0.322 e.